The molecule has 1 aromatic heterocycles. The highest BCUT2D eigenvalue weighted by Gasteiger charge is 2.10. The molecule has 0 bridgehead atoms. The van der Waals surface area contributed by atoms with Gasteiger partial charge in [-0.2, -0.15) is 0 Å². The lowest BCUT2D eigenvalue weighted by atomic mass is 10.2. The molecule has 0 fully saturated rings. The van der Waals surface area contributed by atoms with Crippen molar-refractivity contribution >= 4 is 23.2 Å². The third-order valence-electron chi connectivity index (χ3n) is 2.78. The van der Waals surface area contributed by atoms with Gasteiger partial charge in [0.25, 0.3) is 0 Å². The van der Waals surface area contributed by atoms with E-state index in [1.54, 1.807) is 12.1 Å². The van der Waals surface area contributed by atoms with Crippen molar-refractivity contribution < 1.29 is 4.74 Å². The first-order chi connectivity index (χ1) is 9.61. The van der Waals surface area contributed by atoms with E-state index in [0.717, 1.165) is 23.6 Å². The molecule has 3 nitrogen and oxygen atoms in total. The maximum absolute atomic E-state index is 6.15. The first-order valence-electron chi connectivity index (χ1n) is 6.40. The lowest BCUT2D eigenvalue weighted by Gasteiger charge is -2.13. The van der Waals surface area contributed by atoms with E-state index in [1.165, 1.54) is 0 Å². The number of hydrogen-bond acceptors (Lipinski definition) is 3. The Kier molecular flexibility index (Phi) is 5.24. The van der Waals surface area contributed by atoms with E-state index in [0.29, 0.717) is 22.3 Å². The summed E-state index contributed by atoms with van der Waals surface area (Å²) in [6, 6.07) is 7.22. The third kappa shape index (κ3) is 3.63. The molecular weight excluding hydrogens is 295 g/mol. The lowest BCUT2D eigenvalue weighted by Crippen LogP contribution is -2.12. The fourth-order valence-electron chi connectivity index (χ4n) is 1.73. The van der Waals surface area contributed by atoms with E-state index in [-0.39, 0.29) is 0 Å². The molecule has 20 heavy (non-hydrogen) atoms. The molecule has 1 N–H and O–H groups in total. The van der Waals surface area contributed by atoms with E-state index < -0.39 is 0 Å². The van der Waals surface area contributed by atoms with Gasteiger partial charge in [0.1, 0.15) is 16.5 Å². The Labute approximate surface area is 128 Å². The Morgan fingerprint density at radius 1 is 1.25 bits per heavy atom. The topological polar surface area (TPSA) is 34.2 Å². The maximum atomic E-state index is 6.15. The van der Waals surface area contributed by atoms with Gasteiger partial charge in [-0.25, -0.2) is 0 Å². The normalized spacial score (nSPS) is 10.6. The van der Waals surface area contributed by atoms with Crippen molar-refractivity contribution in [1.29, 1.82) is 0 Å². The van der Waals surface area contributed by atoms with Crippen molar-refractivity contribution in [2.24, 2.45) is 0 Å². The first-order valence-corrected chi connectivity index (χ1v) is 7.15. The quantitative estimate of drug-likeness (QED) is 0.876. The van der Waals surface area contributed by atoms with Gasteiger partial charge in [-0.15, -0.1) is 0 Å². The molecule has 0 atom stereocenters. The highest BCUT2D eigenvalue weighted by Crippen LogP contribution is 2.35. The number of aryl methyl sites for hydroxylation is 1. The van der Waals surface area contributed by atoms with Crippen molar-refractivity contribution in [3.63, 3.8) is 0 Å². The van der Waals surface area contributed by atoms with Crippen LogP contribution in [0.15, 0.2) is 30.5 Å². The van der Waals surface area contributed by atoms with Crippen molar-refractivity contribution in [2.45, 2.75) is 20.4 Å². The SMILES string of the molecule is CCNCc1cnc(C)cc1Oc1cccc(Cl)c1Cl. The molecule has 0 radical (unpaired) electrons. The minimum absolute atomic E-state index is 0.415. The Balaban J connectivity index is 2.31. The fourth-order valence-corrected chi connectivity index (χ4v) is 2.06. The highest BCUT2D eigenvalue weighted by molar-refractivity contribution is 6.42. The van der Waals surface area contributed by atoms with Gasteiger partial charge in [0.2, 0.25) is 0 Å². The number of pyridine rings is 1. The molecule has 2 aromatic rings. The van der Waals surface area contributed by atoms with E-state index >= 15 is 0 Å². The number of rotatable bonds is 5. The largest absolute Gasteiger partial charge is 0.455 e. The van der Waals surface area contributed by atoms with Crippen LogP contribution in [0, 0.1) is 6.92 Å². The second-order valence-electron chi connectivity index (χ2n) is 4.37. The van der Waals surface area contributed by atoms with Gasteiger partial charge in [-0.3, -0.25) is 4.98 Å². The fraction of sp³-hybridized carbons (Fsp3) is 0.267. The van der Waals surface area contributed by atoms with Crippen molar-refractivity contribution in [2.75, 3.05) is 6.54 Å². The van der Waals surface area contributed by atoms with Gasteiger partial charge in [-0.05, 0) is 25.6 Å². The number of ether oxygens (including phenoxy) is 1. The zero-order chi connectivity index (χ0) is 14.5. The second-order valence-corrected chi connectivity index (χ2v) is 5.15. The lowest BCUT2D eigenvalue weighted by molar-refractivity contribution is 0.472. The Morgan fingerprint density at radius 2 is 2.05 bits per heavy atom. The summed E-state index contributed by atoms with van der Waals surface area (Å²) >= 11 is 12.1. The van der Waals surface area contributed by atoms with Crippen LogP contribution in [0.3, 0.4) is 0 Å². The molecule has 0 aliphatic heterocycles. The van der Waals surface area contributed by atoms with Gasteiger partial charge in [-0.1, -0.05) is 36.2 Å². The highest BCUT2D eigenvalue weighted by atomic mass is 35.5. The summed E-state index contributed by atoms with van der Waals surface area (Å²) in [5.41, 5.74) is 1.87. The first kappa shape index (κ1) is 15.1. The van der Waals surface area contributed by atoms with Crippen molar-refractivity contribution in [3.05, 3.63) is 51.8 Å². The molecule has 0 unspecified atom stereocenters. The maximum Gasteiger partial charge on any atom is 0.147 e. The van der Waals surface area contributed by atoms with Crippen LogP contribution >= 0.6 is 23.2 Å². The summed E-state index contributed by atoms with van der Waals surface area (Å²) in [7, 11) is 0. The number of aromatic nitrogens is 1. The number of halogens is 2. The van der Waals surface area contributed by atoms with Crippen LogP contribution in [0.1, 0.15) is 18.2 Å². The standard InChI is InChI=1S/C15H16Cl2N2O/c1-3-18-8-11-9-19-10(2)7-14(11)20-13-6-4-5-12(16)15(13)17/h4-7,9,18H,3,8H2,1-2H3. The van der Waals surface area contributed by atoms with E-state index in [4.69, 9.17) is 27.9 Å². The van der Waals surface area contributed by atoms with Crippen LogP contribution in [-0.2, 0) is 6.54 Å². The molecule has 0 saturated carbocycles. The van der Waals surface area contributed by atoms with Crippen LogP contribution in [-0.4, -0.2) is 11.5 Å². The van der Waals surface area contributed by atoms with E-state index in [1.807, 2.05) is 25.3 Å². The number of benzene rings is 1. The predicted molar refractivity (Wildman–Crippen MR) is 82.9 cm³/mol. The second kappa shape index (κ2) is 6.93. The molecular formula is C15H16Cl2N2O. The van der Waals surface area contributed by atoms with Crippen LogP contribution in [0.5, 0.6) is 11.5 Å². The Hall–Kier alpha value is -1.29. The minimum atomic E-state index is 0.415. The smallest absolute Gasteiger partial charge is 0.147 e. The van der Waals surface area contributed by atoms with E-state index in [9.17, 15) is 0 Å². The predicted octanol–water partition coefficient (Wildman–Crippen LogP) is 4.60. The van der Waals surface area contributed by atoms with Crippen LogP contribution in [0.2, 0.25) is 10.0 Å². The molecule has 0 aliphatic rings. The molecule has 1 aromatic carbocycles. The summed E-state index contributed by atoms with van der Waals surface area (Å²) in [6.07, 6.45) is 1.81. The van der Waals surface area contributed by atoms with Gasteiger partial charge in [0.05, 0.1) is 5.02 Å². The van der Waals surface area contributed by atoms with Crippen molar-refractivity contribution in [3.8, 4) is 11.5 Å². The molecule has 5 heteroatoms. The molecule has 0 amide bonds. The summed E-state index contributed by atoms with van der Waals surface area (Å²) in [6.45, 7) is 5.54. The van der Waals surface area contributed by atoms with Crippen LogP contribution in [0.4, 0.5) is 0 Å². The number of nitrogens with one attached hydrogen (secondary N) is 1. The van der Waals surface area contributed by atoms with Crippen LogP contribution in [0.25, 0.3) is 0 Å². The monoisotopic (exact) mass is 310 g/mol. The van der Waals surface area contributed by atoms with Crippen LogP contribution < -0.4 is 10.1 Å². The number of nitrogens with zero attached hydrogens (tertiary/aromatic N) is 1. The van der Waals surface area contributed by atoms with Crippen molar-refractivity contribution in [1.82, 2.24) is 10.3 Å². The van der Waals surface area contributed by atoms with Gasteiger partial charge in [0, 0.05) is 30.1 Å². The summed E-state index contributed by atoms with van der Waals surface area (Å²) < 4.78 is 5.90. The van der Waals surface area contributed by atoms with Gasteiger partial charge in [0.15, 0.2) is 0 Å². The molecule has 0 spiro atoms. The molecule has 1 heterocycles. The zero-order valence-electron chi connectivity index (χ0n) is 11.4. The average Bonchev–Trinajstić information content (AvgIpc) is 2.43. The Morgan fingerprint density at radius 3 is 2.80 bits per heavy atom. The minimum Gasteiger partial charge on any atom is -0.455 e. The summed E-state index contributed by atoms with van der Waals surface area (Å²) in [4.78, 5) is 4.30. The average molecular weight is 311 g/mol. The third-order valence-corrected chi connectivity index (χ3v) is 3.58. The molecule has 106 valence electrons. The Bertz CT molecular complexity index is 602. The van der Waals surface area contributed by atoms with Gasteiger partial charge >= 0.3 is 0 Å². The molecule has 0 saturated heterocycles. The summed E-state index contributed by atoms with van der Waals surface area (Å²) in [5, 5.41) is 4.15. The number of hydrogen-bond donors (Lipinski definition) is 1. The van der Waals surface area contributed by atoms with Gasteiger partial charge < -0.3 is 10.1 Å². The summed E-state index contributed by atoms with van der Waals surface area (Å²) in [5.74, 6) is 1.28. The molecule has 2 rings (SSSR count). The zero-order valence-corrected chi connectivity index (χ0v) is 12.9. The molecule has 0 aliphatic carbocycles. The van der Waals surface area contributed by atoms with E-state index in [2.05, 4.69) is 17.2 Å².